The fraction of sp³-hybridized carbons (Fsp3) is 0.212. The molecule has 0 aliphatic heterocycles. The number of hydrogen-bond acceptors (Lipinski definition) is 6. The smallest absolute Gasteiger partial charge is 0.291 e. The molecule has 212 valence electrons. The Morgan fingerprint density at radius 2 is 1.74 bits per heavy atom. The van der Waals surface area contributed by atoms with E-state index in [2.05, 4.69) is 26.5 Å². The summed E-state index contributed by atoms with van der Waals surface area (Å²) < 4.78 is 23.4. The summed E-state index contributed by atoms with van der Waals surface area (Å²) in [5.74, 6) is 4.58. The summed E-state index contributed by atoms with van der Waals surface area (Å²) in [4.78, 5) is 43.2. The molecule has 1 fully saturated rings. The molecule has 8 nitrogen and oxygen atoms in total. The lowest BCUT2D eigenvalue weighted by molar-refractivity contribution is -0.120. The molecule has 0 bridgehead atoms. The van der Waals surface area contributed by atoms with Crippen molar-refractivity contribution >= 4 is 33.0 Å². The average Bonchev–Trinajstić information content (AvgIpc) is 3.69. The van der Waals surface area contributed by atoms with Crippen LogP contribution in [0.2, 0.25) is 0 Å². The van der Waals surface area contributed by atoms with E-state index in [1.807, 2.05) is 0 Å². The summed E-state index contributed by atoms with van der Waals surface area (Å²) in [7, 11) is -3.33. The molecule has 4 aromatic rings. The quantitative estimate of drug-likeness (QED) is 0.266. The first kappa shape index (κ1) is 28.7. The fourth-order valence-corrected chi connectivity index (χ4v) is 6.70. The molecule has 2 aromatic heterocycles. The van der Waals surface area contributed by atoms with Gasteiger partial charge in [0.15, 0.2) is 5.76 Å². The summed E-state index contributed by atoms with van der Waals surface area (Å²) in [5.41, 5.74) is 2.48. The number of aromatic nitrogens is 1. The highest BCUT2D eigenvalue weighted by atomic mass is 32.2. The minimum Gasteiger partial charge on any atom is -0.459 e. The highest BCUT2D eigenvalue weighted by molar-refractivity contribution is 7.94. The van der Waals surface area contributed by atoms with Crippen molar-refractivity contribution in [1.82, 2.24) is 4.98 Å². The maximum Gasteiger partial charge on any atom is 0.291 e. The van der Waals surface area contributed by atoms with Gasteiger partial charge in [-0.15, -0.1) is 0 Å². The minimum absolute atomic E-state index is 0.117. The number of anilines is 1. The fourth-order valence-electron chi connectivity index (χ4n) is 4.78. The van der Waals surface area contributed by atoms with E-state index in [4.69, 9.17) is 4.42 Å². The normalized spacial score (nSPS) is 14.3. The number of ketones is 1. The summed E-state index contributed by atoms with van der Waals surface area (Å²) in [5, 5.41) is 2.79. The van der Waals surface area contributed by atoms with Crippen molar-refractivity contribution in [3.05, 3.63) is 113 Å². The molecule has 1 N–H and O–H groups in total. The molecule has 2 heterocycles. The van der Waals surface area contributed by atoms with E-state index in [9.17, 15) is 18.6 Å². The molecule has 0 saturated heterocycles. The SMILES string of the molecule is Cc1ccoc1C(=O)Nc1cccc(C#Cc2cncc(C(=O)N=[S@](=O)(CC(=O)C3CCCC3)c3ccccc3)c2)c1. The van der Waals surface area contributed by atoms with E-state index in [0.717, 1.165) is 31.2 Å². The van der Waals surface area contributed by atoms with Gasteiger partial charge in [-0.2, -0.15) is 4.36 Å². The molecule has 2 amide bonds. The van der Waals surface area contributed by atoms with Gasteiger partial charge in [0.05, 0.1) is 27.3 Å². The number of furan rings is 1. The van der Waals surface area contributed by atoms with Crippen molar-refractivity contribution in [2.75, 3.05) is 11.1 Å². The standard InChI is InChI=1S/C33H29N3O5S/c1-23-16-17-41-31(23)33(39)35-28-11-7-8-24(19-28)14-15-25-18-27(21-34-20-25)32(38)36-42(40,29-12-3-2-4-13-29)22-30(37)26-9-5-6-10-26/h2-4,7-8,11-13,16-21,26H,5-6,9-10,22H2,1H3,(H,35,39)/t42-/m0/s1. The van der Waals surface area contributed by atoms with Gasteiger partial charge in [-0.25, -0.2) is 4.21 Å². The molecule has 42 heavy (non-hydrogen) atoms. The van der Waals surface area contributed by atoms with Crippen LogP contribution in [0, 0.1) is 24.7 Å². The van der Waals surface area contributed by atoms with Crippen LogP contribution in [0.5, 0.6) is 0 Å². The minimum atomic E-state index is -3.33. The number of carbonyl (C=O) groups is 3. The zero-order chi connectivity index (χ0) is 29.5. The molecule has 0 unspecified atom stereocenters. The molecule has 1 aliphatic rings. The lowest BCUT2D eigenvalue weighted by Gasteiger charge is -2.13. The number of nitrogens with zero attached hydrogens (tertiary/aromatic N) is 2. The Hall–Kier alpha value is -4.81. The van der Waals surface area contributed by atoms with Crippen LogP contribution in [0.4, 0.5) is 5.69 Å². The van der Waals surface area contributed by atoms with Gasteiger partial charge in [0.1, 0.15) is 5.78 Å². The van der Waals surface area contributed by atoms with E-state index in [-0.39, 0.29) is 34.7 Å². The Kier molecular flexibility index (Phi) is 8.74. The van der Waals surface area contributed by atoms with Crippen molar-refractivity contribution in [3.8, 4) is 11.8 Å². The van der Waals surface area contributed by atoms with Crippen LogP contribution in [0.3, 0.4) is 0 Å². The summed E-state index contributed by atoms with van der Waals surface area (Å²) in [6.45, 7) is 1.79. The van der Waals surface area contributed by atoms with E-state index in [0.29, 0.717) is 21.7 Å². The third kappa shape index (κ3) is 6.90. The Morgan fingerprint density at radius 3 is 2.48 bits per heavy atom. The Morgan fingerprint density at radius 1 is 0.976 bits per heavy atom. The zero-order valence-electron chi connectivity index (χ0n) is 23.0. The Labute approximate surface area is 244 Å². The second-order valence-electron chi connectivity index (χ2n) is 10.1. The predicted octanol–water partition coefficient (Wildman–Crippen LogP) is 6.06. The van der Waals surface area contributed by atoms with Gasteiger partial charge in [0.2, 0.25) is 0 Å². The molecule has 5 rings (SSSR count). The van der Waals surface area contributed by atoms with Crippen LogP contribution >= 0.6 is 0 Å². The molecule has 2 aromatic carbocycles. The molecular weight excluding hydrogens is 550 g/mol. The second-order valence-corrected chi connectivity index (χ2v) is 12.3. The zero-order valence-corrected chi connectivity index (χ0v) is 23.9. The maximum absolute atomic E-state index is 14.0. The summed E-state index contributed by atoms with van der Waals surface area (Å²) >= 11 is 0. The van der Waals surface area contributed by atoms with E-state index < -0.39 is 15.6 Å². The topological polar surface area (TPSA) is 119 Å². The van der Waals surface area contributed by atoms with Crippen molar-refractivity contribution in [3.63, 3.8) is 0 Å². The van der Waals surface area contributed by atoms with Crippen molar-refractivity contribution in [2.45, 2.75) is 37.5 Å². The summed E-state index contributed by atoms with van der Waals surface area (Å²) in [6, 6.07) is 18.7. The molecule has 1 aliphatic carbocycles. The molecule has 9 heteroatoms. The van der Waals surface area contributed by atoms with E-state index in [1.165, 1.54) is 24.7 Å². The highest BCUT2D eigenvalue weighted by Gasteiger charge is 2.28. The van der Waals surface area contributed by atoms with Crippen LogP contribution < -0.4 is 5.32 Å². The van der Waals surface area contributed by atoms with Gasteiger partial charge >= 0.3 is 0 Å². The van der Waals surface area contributed by atoms with Gasteiger partial charge in [-0.1, -0.05) is 48.9 Å². The van der Waals surface area contributed by atoms with Crippen LogP contribution in [0.1, 0.15) is 63.3 Å². The van der Waals surface area contributed by atoms with Crippen molar-refractivity contribution in [2.24, 2.45) is 10.3 Å². The molecule has 1 saturated carbocycles. The van der Waals surface area contributed by atoms with E-state index in [1.54, 1.807) is 67.6 Å². The van der Waals surface area contributed by atoms with Gasteiger partial charge < -0.3 is 9.73 Å². The molecule has 0 radical (unpaired) electrons. The van der Waals surface area contributed by atoms with Crippen LogP contribution in [-0.2, 0) is 14.5 Å². The first-order chi connectivity index (χ1) is 20.3. The number of hydrogen-bond donors (Lipinski definition) is 1. The van der Waals surface area contributed by atoms with Gasteiger partial charge in [0.25, 0.3) is 11.8 Å². The number of nitrogens with one attached hydrogen (secondary N) is 1. The third-order valence-corrected chi connectivity index (χ3v) is 9.16. The van der Waals surface area contributed by atoms with Crippen LogP contribution in [-0.4, -0.2) is 32.5 Å². The van der Waals surface area contributed by atoms with Gasteiger partial charge in [-0.3, -0.25) is 19.4 Å². The van der Waals surface area contributed by atoms with Crippen LogP contribution in [0.25, 0.3) is 0 Å². The number of Topliss-reactive ketones (excluding diaryl/α,β-unsaturated/α-hetero) is 1. The summed E-state index contributed by atoms with van der Waals surface area (Å²) in [6.07, 6.45) is 7.81. The number of pyridine rings is 1. The maximum atomic E-state index is 14.0. The lowest BCUT2D eigenvalue weighted by atomic mass is 10.0. The van der Waals surface area contributed by atoms with Gasteiger partial charge in [0, 0.05) is 45.6 Å². The molecule has 0 spiro atoms. The second kappa shape index (κ2) is 12.8. The number of amides is 2. The highest BCUT2D eigenvalue weighted by Crippen LogP contribution is 2.27. The number of benzene rings is 2. The average molecular weight is 580 g/mol. The third-order valence-electron chi connectivity index (χ3n) is 7.02. The number of aryl methyl sites for hydroxylation is 1. The van der Waals surface area contributed by atoms with Crippen molar-refractivity contribution < 1.29 is 23.0 Å². The van der Waals surface area contributed by atoms with Gasteiger partial charge in [-0.05, 0) is 62.2 Å². The monoisotopic (exact) mass is 579 g/mol. The Balaban J connectivity index is 1.36. The lowest BCUT2D eigenvalue weighted by Crippen LogP contribution is -2.23. The first-order valence-corrected chi connectivity index (χ1v) is 15.3. The van der Waals surface area contributed by atoms with Crippen LogP contribution in [0.15, 0.2) is 99.1 Å². The molecule has 1 atom stereocenters. The van der Waals surface area contributed by atoms with E-state index >= 15 is 0 Å². The van der Waals surface area contributed by atoms with Crippen molar-refractivity contribution in [1.29, 1.82) is 0 Å². The number of carbonyl (C=O) groups excluding carboxylic acids is 3. The first-order valence-electron chi connectivity index (χ1n) is 13.6. The number of rotatable bonds is 7. The Bertz CT molecular complexity index is 1820. The largest absolute Gasteiger partial charge is 0.459 e. The molecular formula is C33H29N3O5S. The predicted molar refractivity (Wildman–Crippen MR) is 159 cm³/mol.